The molecule has 0 amide bonds. The van der Waals surface area contributed by atoms with Crippen LogP contribution in [0.5, 0.6) is 5.75 Å². The van der Waals surface area contributed by atoms with Gasteiger partial charge in [0.05, 0.1) is 6.10 Å². The summed E-state index contributed by atoms with van der Waals surface area (Å²) in [6, 6.07) is 1.98. The fourth-order valence-corrected chi connectivity index (χ4v) is 4.02. The number of aryl methyl sites for hydroxylation is 2. The van der Waals surface area contributed by atoms with Crippen LogP contribution in [0.15, 0.2) is 15.3 Å². The van der Waals surface area contributed by atoms with Crippen molar-refractivity contribution in [3.8, 4) is 5.75 Å². The molecule has 1 aliphatic heterocycles. The van der Waals surface area contributed by atoms with Crippen molar-refractivity contribution in [2.45, 2.75) is 64.6 Å². The number of benzene rings is 1. The summed E-state index contributed by atoms with van der Waals surface area (Å²) in [5.74, 6) is 0.667. The molecule has 0 saturated carbocycles. The molecule has 0 bridgehead atoms. The van der Waals surface area contributed by atoms with E-state index >= 15 is 0 Å². The van der Waals surface area contributed by atoms with Gasteiger partial charge >= 0.3 is 5.63 Å². The number of rotatable bonds is 0. The number of hydrogen-bond acceptors (Lipinski definition) is 4. The van der Waals surface area contributed by atoms with Crippen molar-refractivity contribution in [1.82, 2.24) is 0 Å². The molecule has 0 saturated heterocycles. The smallest absolute Gasteiger partial charge is 0.339 e. The maximum atomic E-state index is 12.3. The first-order valence-electron chi connectivity index (χ1n) is 8.36. The summed E-state index contributed by atoms with van der Waals surface area (Å²) in [5.41, 5.74) is 3.51. The molecule has 0 spiro atoms. The molecule has 1 aliphatic carbocycles. The number of fused-ring (bicyclic) bond motifs is 4. The number of hydrogen-bond donors (Lipinski definition) is 1. The molecular weight excluding hydrogens is 292 g/mol. The minimum absolute atomic E-state index is 0.217. The van der Waals surface area contributed by atoms with Gasteiger partial charge < -0.3 is 14.3 Å². The van der Waals surface area contributed by atoms with E-state index in [1.807, 2.05) is 26.8 Å². The van der Waals surface area contributed by atoms with Gasteiger partial charge in [-0.2, -0.15) is 0 Å². The quantitative estimate of drug-likeness (QED) is 0.755. The van der Waals surface area contributed by atoms with Crippen LogP contribution in [0.2, 0.25) is 0 Å². The zero-order valence-electron chi connectivity index (χ0n) is 13.9. The summed E-state index contributed by atoms with van der Waals surface area (Å²) in [7, 11) is 0. The molecule has 1 aromatic carbocycles. The van der Waals surface area contributed by atoms with Crippen LogP contribution in [-0.2, 0) is 12.8 Å². The normalized spacial score (nSPS) is 22.3. The third-order valence-electron chi connectivity index (χ3n) is 5.14. The molecule has 4 heteroatoms. The summed E-state index contributed by atoms with van der Waals surface area (Å²) in [6.45, 7) is 5.84. The summed E-state index contributed by atoms with van der Waals surface area (Å²) in [4.78, 5) is 12.3. The molecule has 122 valence electrons. The van der Waals surface area contributed by atoms with E-state index < -0.39 is 11.7 Å². The van der Waals surface area contributed by atoms with Gasteiger partial charge in [-0.15, -0.1) is 0 Å². The first-order chi connectivity index (χ1) is 10.9. The van der Waals surface area contributed by atoms with Crippen molar-refractivity contribution in [3.63, 3.8) is 0 Å². The Morgan fingerprint density at radius 3 is 2.65 bits per heavy atom. The van der Waals surface area contributed by atoms with Crippen LogP contribution in [0.4, 0.5) is 0 Å². The molecule has 0 fully saturated rings. The highest BCUT2D eigenvalue weighted by molar-refractivity contribution is 5.87. The molecular formula is C19H22O4. The molecule has 0 radical (unpaired) electrons. The molecule has 1 N–H and O–H groups in total. The van der Waals surface area contributed by atoms with Crippen LogP contribution in [0.25, 0.3) is 11.0 Å². The van der Waals surface area contributed by atoms with E-state index in [0.717, 1.165) is 53.3 Å². The van der Waals surface area contributed by atoms with Crippen molar-refractivity contribution >= 4 is 11.0 Å². The minimum atomic E-state index is -0.553. The maximum Gasteiger partial charge on any atom is 0.339 e. The van der Waals surface area contributed by atoms with E-state index in [2.05, 4.69) is 0 Å². The Morgan fingerprint density at radius 1 is 1.22 bits per heavy atom. The summed E-state index contributed by atoms with van der Waals surface area (Å²) in [6.07, 6.45) is 3.82. The molecule has 2 aromatic rings. The van der Waals surface area contributed by atoms with E-state index in [4.69, 9.17) is 9.15 Å². The van der Waals surface area contributed by atoms with E-state index in [1.165, 1.54) is 0 Å². The van der Waals surface area contributed by atoms with Gasteiger partial charge in [0, 0.05) is 28.5 Å². The van der Waals surface area contributed by atoms with Crippen molar-refractivity contribution in [2.75, 3.05) is 0 Å². The van der Waals surface area contributed by atoms with Crippen molar-refractivity contribution in [2.24, 2.45) is 0 Å². The second-order valence-corrected chi connectivity index (χ2v) is 7.43. The van der Waals surface area contributed by atoms with Crippen LogP contribution in [0.1, 0.15) is 61.5 Å². The number of ether oxygens (including phenoxy) is 1. The highest BCUT2D eigenvalue weighted by Gasteiger charge is 2.35. The topological polar surface area (TPSA) is 59.7 Å². The average molecular weight is 314 g/mol. The predicted molar refractivity (Wildman–Crippen MR) is 88.1 cm³/mol. The average Bonchev–Trinajstić information content (AvgIpc) is 2.49. The Bertz CT molecular complexity index is 860. The fraction of sp³-hybridized carbons (Fsp3) is 0.526. The first kappa shape index (κ1) is 14.8. The van der Waals surface area contributed by atoms with Crippen molar-refractivity contribution < 1.29 is 14.3 Å². The Balaban J connectivity index is 2.06. The van der Waals surface area contributed by atoms with Crippen LogP contribution < -0.4 is 10.4 Å². The van der Waals surface area contributed by atoms with E-state index in [9.17, 15) is 9.90 Å². The fourth-order valence-electron chi connectivity index (χ4n) is 4.02. The largest absolute Gasteiger partial charge is 0.487 e. The molecule has 2 aliphatic rings. The highest BCUT2D eigenvalue weighted by Crippen LogP contribution is 2.45. The lowest BCUT2D eigenvalue weighted by Gasteiger charge is -2.36. The van der Waals surface area contributed by atoms with Gasteiger partial charge in [-0.1, -0.05) is 0 Å². The molecule has 1 aromatic heterocycles. The van der Waals surface area contributed by atoms with Gasteiger partial charge in [-0.3, -0.25) is 0 Å². The first-order valence-corrected chi connectivity index (χ1v) is 8.36. The van der Waals surface area contributed by atoms with Gasteiger partial charge in [-0.05, 0) is 58.1 Å². The van der Waals surface area contributed by atoms with E-state index in [-0.39, 0.29) is 5.63 Å². The third kappa shape index (κ3) is 2.19. The van der Waals surface area contributed by atoms with Crippen LogP contribution in [0, 0.1) is 6.92 Å². The number of aliphatic hydroxyl groups is 1. The van der Waals surface area contributed by atoms with E-state index in [0.29, 0.717) is 17.8 Å². The maximum absolute atomic E-state index is 12.3. The standard InChI is InChI=1S/C19H22O4/c1-10-16-13(11-6-4-5-7-12(11)18(21)22-16)8-14-15(20)9-19(2,3)23-17(10)14/h8,15,20H,4-7,9H2,1-3H3/t15-/m1/s1. The minimum Gasteiger partial charge on any atom is -0.487 e. The lowest BCUT2D eigenvalue weighted by Crippen LogP contribution is -2.35. The highest BCUT2D eigenvalue weighted by atomic mass is 16.5. The van der Waals surface area contributed by atoms with Crippen molar-refractivity contribution in [1.29, 1.82) is 0 Å². The third-order valence-corrected chi connectivity index (χ3v) is 5.14. The lowest BCUT2D eigenvalue weighted by molar-refractivity contribution is 0.0111. The lowest BCUT2D eigenvalue weighted by atomic mass is 9.86. The summed E-state index contributed by atoms with van der Waals surface area (Å²) >= 11 is 0. The van der Waals surface area contributed by atoms with Crippen molar-refractivity contribution in [3.05, 3.63) is 38.7 Å². The zero-order chi connectivity index (χ0) is 16.4. The Hall–Kier alpha value is -1.81. The van der Waals surface area contributed by atoms with E-state index in [1.54, 1.807) is 0 Å². The van der Waals surface area contributed by atoms with Crippen LogP contribution >= 0.6 is 0 Å². The number of aliphatic hydroxyl groups excluding tert-OH is 1. The second kappa shape index (κ2) is 4.84. The molecule has 4 rings (SSSR count). The van der Waals surface area contributed by atoms with Gasteiger partial charge in [0.2, 0.25) is 0 Å². The molecule has 4 nitrogen and oxygen atoms in total. The Kier molecular flexibility index (Phi) is 3.11. The monoisotopic (exact) mass is 314 g/mol. The summed E-state index contributed by atoms with van der Waals surface area (Å²) in [5, 5.41) is 11.5. The SMILES string of the molecule is Cc1c2c(cc3c4c(c(=O)oc13)CCCC4)[C@H](O)CC(C)(C)O2. The van der Waals surface area contributed by atoms with Crippen LogP contribution in [-0.4, -0.2) is 10.7 Å². The summed E-state index contributed by atoms with van der Waals surface area (Å²) < 4.78 is 11.7. The molecule has 0 unspecified atom stereocenters. The predicted octanol–water partition coefficient (Wildman–Crippen LogP) is 3.57. The zero-order valence-corrected chi connectivity index (χ0v) is 13.9. The second-order valence-electron chi connectivity index (χ2n) is 7.43. The Labute approximate surface area is 135 Å². The van der Waals surface area contributed by atoms with Gasteiger partial charge in [0.25, 0.3) is 0 Å². The van der Waals surface area contributed by atoms with Crippen LogP contribution in [0.3, 0.4) is 0 Å². The van der Waals surface area contributed by atoms with Gasteiger partial charge in [-0.25, -0.2) is 4.79 Å². The van der Waals surface area contributed by atoms with Gasteiger partial charge in [0.1, 0.15) is 16.9 Å². The molecule has 2 heterocycles. The molecule has 1 atom stereocenters. The Morgan fingerprint density at radius 2 is 1.91 bits per heavy atom. The molecule has 23 heavy (non-hydrogen) atoms. The van der Waals surface area contributed by atoms with Gasteiger partial charge in [0.15, 0.2) is 0 Å².